The zero-order valence-electron chi connectivity index (χ0n) is 72.9. The average Bonchev–Trinajstić information content (AvgIpc) is 0.898. The summed E-state index contributed by atoms with van der Waals surface area (Å²) >= 11 is 0. The standard InChI is InChI=1S/C91H178O17P2/c1-9-82(6)68-60-52-44-38-32-26-20-16-12-14-18-22-28-34-40-46-55-63-71-88(93)101-77-86(107-90(95)73-65-57-47-41-35-29-23-19-15-13-17-21-27-33-39-45-53-61-69-83(7)10-2)79-105-109(97,98)103-75-85(92)76-104-110(99,100)106-80-87(78-102-89(94)72-64-56-50-49-54-62-70-84(8)11-3)108-91(96)74-66-58-48-42-36-30-24-25-31-37-43-51-59-67-81(4)5/h81-87,92H,9-80H2,1-8H3,(H,97,98)(H,99,100)/t82?,83?,84?,85-,86-,87-/m1/s1. The Morgan fingerprint density at radius 3 is 0.645 bits per heavy atom. The first-order chi connectivity index (χ1) is 53.2. The van der Waals surface area contributed by atoms with E-state index in [1.54, 1.807) is 0 Å². The first-order valence-electron chi connectivity index (χ1n) is 46.8. The van der Waals surface area contributed by atoms with Gasteiger partial charge in [-0.15, -0.1) is 0 Å². The van der Waals surface area contributed by atoms with Crippen LogP contribution in [0.3, 0.4) is 0 Å². The highest BCUT2D eigenvalue weighted by Gasteiger charge is 2.31. The molecular weight excluding hydrogens is 1430 g/mol. The molecule has 110 heavy (non-hydrogen) atoms. The second-order valence-electron chi connectivity index (χ2n) is 33.9. The molecule has 5 unspecified atom stereocenters. The van der Waals surface area contributed by atoms with Crippen LogP contribution in [0.15, 0.2) is 0 Å². The maximum Gasteiger partial charge on any atom is 0.472 e. The summed E-state index contributed by atoms with van der Waals surface area (Å²) < 4.78 is 69.0. The number of ether oxygens (including phenoxy) is 4. The third-order valence-electron chi connectivity index (χ3n) is 22.4. The van der Waals surface area contributed by atoms with Crippen molar-refractivity contribution in [3.8, 4) is 0 Å². The number of unbranched alkanes of at least 4 members (excludes halogenated alkanes) is 51. The maximum absolute atomic E-state index is 13.2. The van der Waals surface area contributed by atoms with Gasteiger partial charge >= 0.3 is 39.5 Å². The molecule has 0 rings (SSSR count). The highest BCUT2D eigenvalue weighted by molar-refractivity contribution is 7.47. The van der Waals surface area contributed by atoms with Crippen LogP contribution in [-0.4, -0.2) is 96.7 Å². The smallest absolute Gasteiger partial charge is 0.462 e. The van der Waals surface area contributed by atoms with Crippen LogP contribution < -0.4 is 0 Å². The summed E-state index contributed by atoms with van der Waals surface area (Å²) in [6.45, 7) is 14.4. The van der Waals surface area contributed by atoms with Gasteiger partial charge in [-0.05, 0) is 49.4 Å². The lowest BCUT2D eigenvalue weighted by Crippen LogP contribution is -2.30. The number of hydrogen-bond acceptors (Lipinski definition) is 15. The van der Waals surface area contributed by atoms with Crippen molar-refractivity contribution in [2.45, 2.75) is 497 Å². The van der Waals surface area contributed by atoms with Crippen LogP contribution in [0.1, 0.15) is 479 Å². The Hall–Kier alpha value is -1.94. The van der Waals surface area contributed by atoms with Crippen LogP contribution in [0.4, 0.5) is 0 Å². The highest BCUT2D eigenvalue weighted by Crippen LogP contribution is 2.45. The fourth-order valence-electron chi connectivity index (χ4n) is 14.1. The van der Waals surface area contributed by atoms with Crippen molar-refractivity contribution in [2.24, 2.45) is 23.7 Å². The monoisotopic (exact) mass is 1610 g/mol. The second kappa shape index (κ2) is 79.5. The Morgan fingerprint density at radius 2 is 0.436 bits per heavy atom. The number of carbonyl (C=O) groups is 4. The zero-order valence-corrected chi connectivity index (χ0v) is 74.7. The van der Waals surface area contributed by atoms with Crippen molar-refractivity contribution in [1.82, 2.24) is 0 Å². The number of aliphatic hydroxyl groups is 1. The van der Waals surface area contributed by atoms with Crippen LogP contribution in [-0.2, 0) is 65.4 Å². The van der Waals surface area contributed by atoms with E-state index in [1.165, 1.54) is 276 Å². The Bertz CT molecular complexity index is 2130. The van der Waals surface area contributed by atoms with E-state index in [0.29, 0.717) is 25.7 Å². The molecule has 8 atom stereocenters. The summed E-state index contributed by atoms with van der Waals surface area (Å²) in [5, 5.41) is 10.7. The minimum Gasteiger partial charge on any atom is -0.462 e. The predicted molar refractivity (Wildman–Crippen MR) is 455 cm³/mol. The molecule has 0 amide bonds. The van der Waals surface area contributed by atoms with Gasteiger partial charge in [0.15, 0.2) is 12.2 Å². The van der Waals surface area contributed by atoms with Crippen LogP contribution in [0.2, 0.25) is 0 Å². The van der Waals surface area contributed by atoms with Gasteiger partial charge in [0.2, 0.25) is 0 Å². The largest absolute Gasteiger partial charge is 0.472 e. The molecule has 0 aliphatic carbocycles. The molecular formula is C91H178O17P2. The van der Waals surface area contributed by atoms with Gasteiger partial charge in [-0.1, -0.05) is 428 Å². The van der Waals surface area contributed by atoms with Crippen molar-refractivity contribution in [2.75, 3.05) is 39.6 Å². The molecule has 0 saturated heterocycles. The lowest BCUT2D eigenvalue weighted by molar-refractivity contribution is -0.161. The maximum atomic E-state index is 13.2. The number of phosphoric acid groups is 2. The first kappa shape index (κ1) is 108. The third kappa shape index (κ3) is 79.9. The van der Waals surface area contributed by atoms with Gasteiger partial charge in [0.1, 0.15) is 19.3 Å². The van der Waals surface area contributed by atoms with E-state index in [-0.39, 0.29) is 25.7 Å². The quantitative estimate of drug-likeness (QED) is 0.0222. The Kier molecular flexibility index (Phi) is 78.1. The summed E-state index contributed by atoms with van der Waals surface area (Å²) in [5.74, 6) is 1.16. The summed E-state index contributed by atoms with van der Waals surface area (Å²) in [7, 11) is -9.94. The van der Waals surface area contributed by atoms with Gasteiger partial charge in [0.25, 0.3) is 0 Å². The number of esters is 4. The van der Waals surface area contributed by atoms with Crippen molar-refractivity contribution in [1.29, 1.82) is 0 Å². The van der Waals surface area contributed by atoms with Gasteiger partial charge < -0.3 is 33.8 Å². The molecule has 0 aromatic carbocycles. The molecule has 0 aromatic heterocycles. The Morgan fingerprint density at radius 1 is 0.255 bits per heavy atom. The average molecular weight is 1610 g/mol. The van der Waals surface area contributed by atoms with Crippen molar-refractivity contribution < 1.29 is 80.2 Å². The van der Waals surface area contributed by atoms with Gasteiger partial charge in [-0.25, -0.2) is 9.13 Å². The SMILES string of the molecule is CCC(C)CCCCCCCCCCCCCCCCCCCCC(=O)OC[C@H](COP(=O)(O)OC[C@@H](O)COP(=O)(O)OC[C@@H](COC(=O)CCCCCCCCC(C)CC)OC(=O)CCCCCCCCCCCCCCCC(C)C)OC(=O)CCCCCCCCCCCCCCCCCCCCC(C)CC. The molecule has 0 spiro atoms. The van der Waals surface area contributed by atoms with Crippen LogP contribution in [0.5, 0.6) is 0 Å². The number of rotatable bonds is 88. The Balaban J connectivity index is 5.22. The molecule has 0 aliphatic rings. The molecule has 0 aromatic rings. The summed E-state index contributed by atoms with van der Waals surface area (Å²) in [6, 6.07) is 0. The summed E-state index contributed by atoms with van der Waals surface area (Å²) in [5.41, 5.74) is 0. The van der Waals surface area contributed by atoms with Gasteiger partial charge in [-0.2, -0.15) is 0 Å². The summed E-state index contributed by atoms with van der Waals surface area (Å²) in [6.07, 6.45) is 70.9. The zero-order chi connectivity index (χ0) is 80.9. The number of hydrogen-bond donors (Lipinski definition) is 3. The molecule has 654 valence electrons. The predicted octanol–water partition coefficient (Wildman–Crippen LogP) is 27.9. The first-order valence-corrected chi connectivity index (χ1v) is 49.8. The van der Waals surface area contributed by atoms with E-state index in [0.717, 1.165) is 120 Å². The molecule has 0 saturated carbocycles. The molecule has 0 heterocycles. The molecule has 0 radical (unpaired) electrons. The molecule has 0 bridgehead atoms. The van der Waals surface area contributed by atoms with Crippen LogP contribution in [0.25, 0.3) is 0 Å². The van der Waals surface area contributed by atoms with E-state index >= 15 is 0 Å². The molecule has 3 N–H and O–H groups in total. The van der Waals surface area contributed by atoms with E-state index in [4.69, 9.17) is 37.0 Å². The van der Waals surface area contributed by atoms with Crippen molar-refractivity contribution >= 4 is 39.5 Å². The lowest BCUT2D eigenvalue weighted by atomic mass is 9.99. The molecule has 0 fully saturated rings. The van der Waals surface area contributed by atoms with Gasteiger partial charge in [0, 0.05) is 25.7 Å². The summed E-state index contributed by atoms with van der Waals surface area (Å²) in [4.78, 5) is 73.4. The Labute approximate surface area is 677 Å². The molecule has 19 heteroatoms. The molecule has 0 aliphatic heterocycles. The molecule has 17 nitrogen and oxygen atoms in total. The van der Waals surface area contributed by atoms with E-state index in [1.807, 2.05) is 0 Å². The van der Waals surface area contributed by atoms with Crippen LogP contribution >= 0.6 is 15.6 Å². The van der Waals surface area contributed by atoms with Crippen molar-refractivity contribution in [3.05, 3.63) is 0 Å². The number of carbonyl (C=O) groups excluding carboxylic acids is 4. The van der Waals surface area contributed by atoms with Gasteiger partial charge in [0.05, 0.1) is 26.4 Å². The van der Waals surface area contributed by atoms with E-state index in [2.05, 4.69) is 55.4 Å². The second-order valence-corrected chi connectivity index (χ2v) is 36.8. The minimum atomic E-state index is -4.97. The topological polar surface area (TPSA) is 237 Å². The highest BCUT2D eigenvalue weighted by atomic mass is 31.2. The van der Waals surface area contributed by atoms with E-state index in [9.17, 15) is 43.2 Å². The fraction of sp³-hybridized carbons (Fsp3) is 0.956. The number of phosphoric ester groups is 2. The van der Waals surface area contributed by atoms with Crippen molar-refractivity contribution in [3.63, 3.8) is 0 Å². The fourth-order valence-corrected chi connectivity index (χ4v) is 15.7. The lowest BCUT2D eigenvalue weighted by Gasteiger charge is -2.21. The normalized spacial score (nSPS) is 14.6. The minimum absolute atomic E-state index is 0.106. The van der Waals surface area contributed by atoms with E-state index < -0.39 is 97.5 Å². The third-order valence-corrected chi connectivity index (χ3v) is 24.3. The van der Waals surface area contributed by atoms with Gasteiger partial charge in [-0.3, -0.25) is 37.3 Å². The number of aliphatic hydroxyl groups excluding tert-OH is 1. The van der Waals surface area contributed by atoms with Crippen LogP contribution in [0, 0.1) is 23.7 Å².